The molecule has 212 valence electrons. The highest BCUT2D eigenvalue weighted by atomic mass is 32.2. The number of fused-ring (bicyclic) bond motifs is 1. The van der Waals surface area contributed by atoms with Crippen molar-refractivity contribution in [2.24, 2.45) is 0 Å². The van der Waals surface area contributed by atoms with E-state index in [-0.39, 0.29) is 22.4 Å². The highest BCUT2D eigenvalue weighted by Gasteiger charge is 2.39. The lowest BCUT2D eigenvalue weighted by atomic mass is 10.0. The van der Waals surface area contributed by atoms with E-state index in [2.05, 4.69) is 9.47 Å². The smallest absolute Gasteiger partial charge is 0.416 e. The van der Waals surface area contributed by atoms with Gasteiger partial charge in [-0.15, -0.1) is 0 Å². The van der Waals surface area contributed by atoms with E-state index >= 15 is 0 Å². The molecule has 0 spiro atoms. The molecule has 15 heteroatoms. The zero-order valence-corrected chi connectivity index (χ0v) is 21.1. The first-order valence-corrected chi connectivity index (χ1v) is 12.6. The van der Waals surface area contributed by atoms with Crippen LogP contribution >= 0.6 is 0 Å². The molecule has 0 radical (unpaired) electrons. The number of amides is 1. The second kappa shape index (κ2) is 10.7. The van der Waals surface area contributed by atoms with Crippen LogP contribution in [0.4, 0.5) is 32.0 Å². The summed E-state index contributed by atoms with van der Waals surface area (Å²) in [6.45, 7) is -4.72. The summed E-state index contributed by atoms with van der Waals surface area (Å²) in [5, 5.41) is 0. The van der Waals surface area contributed by atoms with E-state index < -0.39 is 69.9 Å². The average molecular weight is 588 g/mol. The molecule has 0 fully saturated rings. The van der Waals surface area contributed by atoms with Gasteiger partial charge in [0.15, 0.2) is 0 Å². The number of ether oxygens (including phenoxy) is 2. The van der Waals surface area contributed by atoms with E-state index in [0.717, 1.165) is 48.4 Å². The molecule has 4 rings (SSSR count). The highest BCUT2D eigenvalue weighted by molar-refractivity contribution is 7.92. The van der Waals surface area contributed by atoms with Crippen LogP contribution in [0.2, 0.25) is 0 Å². The number of carbonyl (C=O) groups is 2. The third kappa shape index (κ3) is 5.83. The molecular formula is C25H18F6N2O6S. The van der Waals surface area contributed by atoms with Gasteiger partial charge in [-0.25, -0.2) is 17.1 Å². The van der Waals surface area contributed by atoms with Gasteiger partial charge in [0.1, 0.15) is 24.8 Å². The molecule has 40 heavy (non-hydrogen) atoms. The van der Waals surface area contributed by atoms with E-state index in [4.69, 9.17) is 0 Å². The first kappa shape index (κ1) is 28.7. The molecule has 0 atom stereocenters. The van der Waals surface area contributed by atoms with Crippen molar-refractivity contribution in [3.63, 3.8) is 0 Å². The molecule has 3 aromatic rings. The van der Waals surface area contributed by atoms with Crippen LogP contribution in [0.5, 0.6) is 5.75 Å². The van der Waals surface area contributed by atoms with Crippen molar-refractivity contribution in [2.45, 2.75) is 17.7 Å². The van der Waals surface area contributed by atoms with Gasteiger partial charge in [0.05, 0.1) is 28.8 Å². The molecule has 1 aliphatic heterocycles. The molecule has 1 heterocycles. The zero-order valence-electron chi connectivity index (χ0n) is 20.3. The maximum atomic E-state index is 14.2. The third-order valence-electron chi connectivity index (χ3n) is 5.81. The minimum atomic E-state index is -4.86. The van der Waals surface area contributed by atoms with Gasteiger partial charge >= 0.3 is 18.8 Å². The lowest BCUT2D eigenvalue weighted by Crippen LogP contribution is -2.50. The van der Waals surface area contributed by atoms with Crippen molar-refractivity contribution >= 4 is 27.6 Å². The summed E-state index contributed by atoms with van der Waals surface area (Å²) in [7, 11) is -3.76. The number of alkyl halides is 5. The van der Waals surface area contributed by atoms with Crippen molar-refractivity contribution < 1.29 is 53.8 Å². The van der Waals surface area contributed by atoms with Gasteiger partial charge in [-0.2, -0.15) is 22.0 Å². The first-order chi connectivity index (χ1) is 18.7. The van der Waals surface area contributed by atoms with E-state index in [1.807, 2.05) is 0 Å². The number of hydrogen-bond acceptors (Lipinski definition) is 6. The molecule has 0 aliphatic carbocycles. The van der Waals surface area contributed by atoms with E-state index in [1.165, 1.54) is 6.07 Å². The summed E-state index contributed by atoms with van der Waals surface area (Å²) in [6.07, 6.45) is -4.86. The zero-order chi connectivity index (χ0) is 29.4. The minimum Gasteiger partial charge on any atom is -0.468 e. The lowest BCUT2D eigenvalue weighted by Gasteiger charge is -2.37. The summed E-state index contributed by atoms with van der Waals surface area (Å²) < 4.78 is 116. The van der Waals surface area contributed by atoms with E-state index in [9.17, 15) is 44.3 Å². The molecule has 1 amide bonds. The van der Waals surface area contributed by atoms with Gasteiger partial charge in [-0.05, 0) is 53.6 Å². The standard InChI is InChI=1S/C25H18F6N2O6S/c1-38-22(34)12-32-13-33(40(36,37)19-4-2-3-16(10-19)25(29,30)31)21-9-14(5-6-20(21)23(32)35)15-7-17(26)11-18(8-15)39-24(27)28/h2-11,24H,12-13H2,1H3. The fourth-order valence-electron chi connectivity index (χ4n) is 3.97. The Hall–Kier alpha value is -4.27. The predicted octanol–water partition coefficient (Wildman–Crippen LogP) is 4.89. The summed E-state index contributed by atoms with van der Waals surface area (Å²) in [5.74, 6) is -3.18. The van der Waals surface area contributed by atoms with Crippen LogP contribution in [-0.4, -0.2) is 52.1 Å². The first-order valence-electron chi connectivity index (χ1n) is 11.2. The van der Waals surface area contributed by atoms with E-state index in [0.29, 0.717) is 22.5 Å². The predicted molar refractivity (Wildman–Crippen MR) is 127 cm³/mol. The number of halogens is 6. The van der Waals surface area contributed by atoms with Crippen LogP contribution < -0.4 is 9.04 Å². The van der Waals surface area contributed by atoms with Crippen LogP contribution in [0.3, 0.4) is 0 Å². The van der Waals surface area contributed by atoms with Crippen molar-refractivity contribution in [1.29, 1.82) is 0 Å². The Morgan fingerprint density at radius 2 is 1.75 bits per heavy atom. The fourth-order valence-corrected chi connectivity index (χ4v) is 5.45. The summed E-state index contributed by atoms with van der Waals surface area (Å²) in [6, 6.07) is 9.18. The van der Waals surface area contributed by atoms with Gasteiger partial charge < -0.3 is 14.4 Å². The number of carbonyl (C=O) groups excluding carboxylic acids is 2. The van der Waals surface area contributed by atoms with Crippen molar-refractivity contribution in [3.05, 3.63) is 77.6 Å². The number of hydrogen-bond donors (Lipinski definition) is 0. The molecule has 8 nitrogen and oxygen atoms in total. The number of nitrogens with zero attached hydrogens (tertiary/aromatic N) is 2. The molecule has 0 saturated carbocycles. The topological polar surface area (TPSA) is 93.2 Å². The second-order valence-electron chi connectivity index (χ2n) is 8.39. The number of benzene rings is 3. The Bertz CT molecular complexity index is 1580. The van der Waals surface area contributed by atoms with Crippen LogP contribution in [0, 0.1) is 5.82 Å². The number of rotatable bonds is 7. The highest BCUT2D eigenvalue weighted by Crippen LogP contribution is 2.38. The van der Waals surface area contributed by atoms with Crippen LogP contribution in [0.1, 0.15) is 15.9 Å². The fraction of sp³-hybridized carbons (Fsp3) is 0.200. The summed E-state index contributed by atoms with van der Waals surface area (Å²) >= 11 is 0. The average Bonchev–Trinajstić information content (AvgIpc) is 2.88. The number of sulfonamides is 1. The molecule has 0 aromatic heterocycles. The molecule has 3 aromatic carbocycles. The SMILES string of the molecule is COC(=O)CN1CN(S(=O)(=O)c2cccc(C(F)(F)F)c2)c2cc(-c3cc(F)cc(OC(F)F)c3)ccc2C1=O. The molecule has 0 saturated heterocycles. The third-order valence-corrected chi connectivity index (χ3v) is 7.55. The van der Waals surface area contributed by atoms with Gasteiger partial charge in [-0.1, -0.05) is 12.1 Å². The van der Waals surface area contributed by atoms with Crippen molar-refractivity contribution in [3.8, 4) is 16.9 Å². The normalized spacial score (nSPS) is 13.8. The molecule has 0 bridgehead atoms. The Labute approximate surface area is 223 Å². The molecule has 0 N–H and O–H groups in total. The molecular weight excluding hydrogens is 570 g/mol. The molecule has 0 unspecified atom stereocenters. The van der Waals surface area contributed by atoms with E-state index in [1.54, 1.807) is 0 Å². The second-order valence-corrected chi connectivity index (χ2v) is 10.2. The Kier molecular flexibility index (Phi) is 7.70. The van der Waals surface area contributed by atoms with Crippen molar-refractivity contribution in [2.75, 3.05) is 24.6 Å². The lowest BCUT2D eigenvalue weighted by molar-refractivity contribution is -0.141. The Morgan fingerprint density at radius 3 is 2.40 bits per heavy atom. The maximum absolute atomic E-state index is 14.2. The summed E-state index contributed by atoms with van der Waals surface area (Å²) in [4.78, 5) is 25.1. The van der Waals surface area contributed by atoms with Gasteiger partial charge in [-0.3, -0.25) is 9.59 Å². The number of anilines is 1. The minimum absolute atomic E-state index is 0.0284. The maximum Gasteiger partial charge on any atom is 0.416 e. The number of methoxy groups -OCH3 is 1. The Morgan fingerprint density at radius 1 is 1.02 bits per heavy atom. The summed E-state index contributed by atoms with van der Waals surface area (Å²) in [5.41, 5.74) is -1.76. The van der Waals surface area contributed by atoms with Crippen LogP contribution in [0.25, 0.3) is 11.1 Å². The van der Waals surface area contributed by atoms with Crippen LogP contribution in [0.15, 0.2) is 65.6 Å². The van der Waals surface area contributed by atoms with Gasteiger partial charge in [0.25, 0.3) is 15.9 Å². The Balaban J connectivity index is 1.87. The largest absolute Gasteiger partial charge is 0.468 e. The van der Waals surface area contributed by atoms with Gasteiger partial charge in [0.2, 0.25) is 0 Å². The molecule has 1 aliphatic rings. The van der Waals surface area contributed by atoms with Crippen LogP contribution in [-0.2, 0) is 25.7 Å². The quantitative estimate of drug-likeness (QED) is 0.288. The van der Waals surface area contributed by atoms with Crippen molar-refractivity contribution in [1.82, 2.24) is 4.90 Å². The van der Waals surface area contributed by atoms with Gasteiger partial charge in [0, 0.05) is 6.07 Å². The monoisotopic (exact) mass is 588 g/mol. The number of esters is 1.